The summed E-state index contributed by atoms with van der Waals surface area (Å²) >= 11 is 0. The van der Waals surface area contributed by atoms with Gasteiger partial charge in [-0.2, -0.15) is 0 Å². The van der Waals surface area contributed by atoms with Crippen molar-refractivity contribution in [3.8, 4) is 0 Å². The predicted molar refractivity (Wildman–Crippen MR) is 109 cm³/mol. The molecule has 4 nitrogen and oxygen atoms in total. The average Bonchev–Trinajstić information content (AvgIpc) is 2.67. The van der Waals surface area contributed by atoms with Crippen LogP contribution in [0.4, 0.5) is 0 Å². The molecular weight excluding hydrogens is 340 g/mol. The fourth-order valence-corrected chi connectivity index (χ4v) is 3.31. The van der Waals surface area contributed by atoms with Crippen LogP contribution in [-0.2, 0) is 14.3 Å². The Kier molecular flexibility index (Phi) is 12.4. The van der Waals surface area contributed by atoms with E-state index in [2.05, 4.69) is 60.2 Å². The predicted octanol–water partition coefficient (Wildman–Crippen LogP) is 5.51. The van der Waals surface area contributed by atoms with E-state index in [0.717, 1.165) is 24.7 Å². The topological polar surface area (TPSA) is 63.6 Å². The van der Waals surface area contributed by atoms with E-state index >= 15 is 0 Å². The van der Waals surface area contributed by atoms with Crippen LogP contribution >= 0.6 is 0 Å². The highest BCUT2D eigenvalue weighted by atomic mass is 16.5. The van der Waals surface area contributed by atoms with Gasteiger partial charge in [-0.05, 0) is 55.1 Å². The summed E-state index contributed by atoms with van der Waals surface area (Å²) in [6, 6.07) is 11.0. The minimum absolute atomic E-state index is 0.250. The molecule has 0 atom stereocenters. The molecule has 1 fully saturated rings. The van der Waals surface area contributed by atoms with Gasteiger partial charge in [0, 0.05) is 0 Å². The molecule has 4 heteroatoms. The van der Waals surface area contributed by atoms with Gasteiger partial charge in [0.15, 0.2) is 0 Å². The number of unbranched alkanes of at least 4 members (excludes halogenated alkanes) is 2. The van der Waals surface area contributed by atoms with Crippen LogP contribution in [0, 0.1) is 5.92 Å². The van der Waals surface area contributed by atoms with Crippen molar-refractivity contribution in [1.29, 1.82) is 0 Å². The first kappa shape index (κ1) is 22.7. The Morgan fingerprint density at radius 1 is 1.07 bits per heavy atom. The van der Waals surface area contributed by atoms with Crippen LogP contribution in [0.2, 0.25) is 0 Å². The molecule has 1 saturated carbocycles. The third-order valence-electron chi connectivity index (χ3n) is 4.84. The molecule has 3 rings (SSSR count). The van der Waals surface area contributed by atoms with E-state index in [9.17, 15) is 4.79 Å². The fourth-order valence-electron chi connectivity index (χ4n) is 3.31. The third-order valence-corrected chi connectivity index (χ3v) is 4.84. The number of carbonyl (C=O) groups is 2. The monoisotopic (exact) mass is 372 g/mol. The van der Waals surface area contributed by atoms with Crippen LogP contribution in [0.5, 0.6) is 0 Å². The Morgan fingerprint density at radius 2 is 1.78 bits per heavy atom. The highest BCUT2D eigenvalue weighted by Gasteiger charge is 2.31. The maximum atomic E-state index is 9.55. The first-order chi connectivity index (χ1) is 13.3. The lowest BCUT2D eigenvalue weighted by atomic mass is 9.67. The summed E-state index contributed by atoms with van der Waals surface area (Å²) in [5.41, 5.74) is 3.12. The van der Waals surface area contributed by atoms with Crippen LogP contribution < -0.4 is 0 Å². The van der Waals surface area contributed by atoms with E-state index in [1.807, 2.05) is 0 Å². The number of allylic oxidation sites excluding steroid dienone is 4. The number of hydrogen-bond acceptors (Lipinski definition) is 3. The van der Waals surface area contributed by atoms with Crippen molar-refractivity contribution >= 4 is 12.9 Å². The molecule has 0 heterocycles. The van der Waals surface area contributed by atoms with Crippen LogP contribution in [0.3, 0.4) is 0 Å². The summed E-state index contributed by atoms with van der Waals surface area (Å²) in [6.45, 7) is 2.94. The van der Waals surface area contributed by atoms with Gasteiger partial charge < -0.3 is 9.84 Å². The van der Waals surface area contributed by atoms with Gasteiger partial charge in [-0.3, -0.25) is 9.59 Å². The van der Waals surface area contributed by atoms with Gasteiger partial charge in [0.25, 0.3) is 12.9 Å². The molecular formula is C23H32O4. The van der Waals surface area contributed by atoms with Crippen molar-refractivity contribution in [2.45, 2.75) is 57.8 Å². The largest absolute Gasteiger partial charge is 0.483 e. The minimum Gasteiger partial charge on any atom is -0.483 e. The maximum absolute atomic E-state index is 9.55. The number of carbonyl (C=O) groups excluding carboxylic acids is 1. The second-order valence-electron chi connectivity index (χ2n) is 6.74. The summed E-state index contributed by atoms with van der Waals surface area (Å²) in [4.78, 5) is 17.9. The van der Waals surface area contributed by atoms with Crippen LogP contribution in [0.1, 0.15) is 63.4 Å². The highest BCUT2D eigenvalue weighted by Crippen LogP contribution is 2.46. The standard InChI is InChI=1S/C16H18.C6H12O2.CH2O2/c1-3-7-13(8-4-1)15-11-16(12-15)14-9-5-2-6-10-14;1-2-3-4-5-8-6-7;2-1-3/h1,3-5,7-10,15-16H,2,6,11-12H2;6H,2-5H2,1H3;1H,(H,2,3). The molecule has 0 spiro atoms. The molecule has 0 amide bonds. The Bertz CT molecular complexity index is 571. The smallest absolute Gasteiger partial charge is 0.293 e. The van der Waals surface area contributed by atoms with Crippen LogP contribution in [0.25, 0.3) is 0 Å². The molecule has 0 bridgehead atoms. The molecule has 2 aliphatic carbocycles. The van der Waals surface area contributed by atoms with Crippen molar-refractivity contribution in [2.75, 3.05) is 6.61 Å². The lowest BCUT2D eigenvalue weighted by Gasteiger charge is -2.37. The highest BCUT2D eigenvalue weighted by molar-refractivity contribution is 5.36. The summed E-state index contributed by atoms with van der Waals surface area (Å²) in [5, 5.41) is 6.89. The second-order valence-corrected chi connectivity index (χ2v) is 6.74. The molecule has 0 radical (unpaired) electrons. The van der Waals surface area contributed by atoms with Crippen molar-refractivity contribution in [2.24, 2.45) is 5.92 Å². The fraction of sp³-hybridized carbons (Fsp3) is 0.478. The van der Waals surface area contributed by atoms with Crippen molar-refractivity contribution in [3.05, 3.63) is 59.7 Å². The van der Waals surface area contributed by atoms with E-state index in [1.165, 1.54) is 37.7 Å². The second kappa shape index (κ2) is 14.8. The quantitative estimate of drug-likeness (QED) is 0.506. The number of ether oxygens (including phenoxy) is 1. The molecule has 0 aromatic heterocycles. The number of hydrogen-bond donors (Lipinski definition) is 1. The Labute approximate surface area is 162 Å². The molecule has 148 valence electrons. The molecule has 1 N–H and O–H groups in total. The molecule has 27 heavy (non-hydrogen) atoms. The van der Waals surface area contributed by atoms with Gasteiger partial charge in [0.1, 0.15) is 0 Å². The molecule has 1 aromatic carbocycles. The minimum atomic E-state index is -0.250. The zero-order chi connectivity index (χ0) is 19.7. The van der Waals surface area contributed by atoms with Gasteiger partial charge in [-0.15, -0.1) is 0 Å². The molecule has 0 unspecified atom stereocenters. The van der Waals surface area contributed by atoms with E-state index < -0.39 is 0 Å². The molecule has 0 aliphatic heterocycles. The van der Waals surface area contributed by atoms with Gasteiger partial charge >= 0.3 is 0 Å². The summed E-state index contributed by atoms with van der Waals surface area (Å²) < 4.78 is 4.46. The van der Waals surface area contributed by atoms with E-state index in [-0.39, 0.29) is 6.47 Å². The lowest BCUT2D eigenvalue weighted by molar-refractivity contribution is -0.128. The van der Waals surface area contributed by atoms with Crippen molar-refractivity contribution in [3.63, 3.8) is 0 Å². The zero-order valence-corrected chi connectivity index (χ0v) is 16.3. The number of carboxylic acid groups (broad SMARTS) is 1. The van der Waals surface area contributed by atoms with Gasteiger partial charge in [-0.1, -0.05) is 68.3 Å². The van der Waals surface area contributed by atoms with E-state index in [0.29, 0.717) is 13.1 Å². The Balaban J connectivity index is 0.000000282. The summed E-state index contributed by atoms with van der Waals surface area (Å²) in [5.74, 6) is 1.64. The zero-order valence-electron chi connectivity index (χ0n) is 16.3. The van der Waals surface area contributed by atoms with E-state index in [4.69, 9.17) is 9.90 Å². The molecule has 1 aromatic rings. The molecule has 2 aliphatic rings. The van der Waals surface area contributed by atoms with Gasteiger partial charge in [0.05, 0.1) is 6.61 Å². The van der Waals surface area contributed by atoms with Gasteiger partial charge in [0.2, 0.25) is 0 Å². The SMILES string of the molecule is C1=CC(C2CC(c3ccccc3)C2)=CCC1.CCCCCOC=O.O=CO. The van der Waals surface area contributed by atoms with Gasteiger partial charge in [-0.25, -0.2) is 0 Å². The van der Waals surface area contributed by atoms with E-state index in [1.54, 1.807) is 5.57 Å². The number of benzene rings is 1. The van der Waals surface area contributed by atoms with Crippen LogP contribution in [-0.4, -0.2) is 24.7 Å². The average molecular weight is 373 g/mol. The first-order valence-corrected chi connectivity index (χ1v) is 9.81. The first-order valence-electron chi connectivity index (χ1n) is 9.81. The lowest BCUT2D eigenvalue weighted by Crippen LogP contribution is -2.23. The number of rotatable bonds is 7. The third kappa shape index (κ3) is 9.23. The van der Waals surface area contributed by atoms with Crippen molar-refractivity contribution < 1.29 is 19.4 Å². The normalized spacial score (nSPS) is 19.8. The maximum Gasteiger partial charge on any atom is 0.293 e. The van der Waals surface area contributed by atoms with Crippen molar-refractivity contribution in [1.82, 2.24) is 0 Å². The Morgan fingerprint density at radius 3 is 2.33 bits per heavy atom. The van der Waals surface area contributed by atoms with Crippen LogP contribution in [0.15, 0.2) is 54.1 Å². The summed E-state index contributed by atoms with van der Waals surface area (Å²) in [7, 11) is 0. The summed E-state index contributed by atoms with van der Waals surface area (Å²) in [6.07, 6.45) is 15.6. The Hall–Kier alpha value is -2.36. The molecule has 0 saturated heterocycles.